The van der Waals surface area contributed by atoms with Crippen molar-refractivity contribution in [1.29, 1.82) is 0 Å². The van der Waals surface area contributed by atoms with Crippen LogP contribution >= 0.6 is 32.9 Å². The van der Waals surface area contributed by atoms with Gasteiger partial charge in [0, 0.05) is 17.7 Å². The van der Waals surface area contributed by atoms with E-state index in [1.165, 1.54) is 4.88 Å². The molecule has 0 radical (unpaired) electrons. The molecule has 0 aliphatic heterocycles. The molecule has 2 aromatic carbocycles. The van der Waals surface area contributed by atoms with Gasteiger partial charge in [0.05, 0.1) is 4.88 Å². The molecule has 0 spiro atoms. The third kappa shape index (κ3) is 4.01. The Labute approximate surface area is 161 Å². The Morgan fingerprint density at radius 1 is 0.960 bits per heavy atom. The van der Waals surface area contributed by atoms with Gasteiger partial charge in [-0.2, -0.15) is 0 Å². The number of rotatable bonds is 6. The standard InChI is InChI=1S/C20H21NOS3/c1-3-21(4-2)13-16-12-15(10-11-17(16)22)19-18(20(23)25-24-19)14-8-6-5-7-9-14/h5-12,22H,3-4,13H2,1-2H3. The first-order chi connectivity index (χ1) is 12.1. The van der Waals surface area contributed by atoms with Gasteiger partial charge in [-0.3, -0.25) is 4.90 Å². The van der Waals surface area contributed by atoms with E-state index in [2.05, 4.69) is 36.9 Å². The first-order valence-corrected chi connectivity index (χ1v) is 10.9. The van der Waals surface area contributed by atoms with Crippen molar-refractivity contribution in [2.75, 3.05) is 13.1 Å². The summed E-state index contributed by atoms with van der Waals surface area (Å²) in [7, 11) is 3.35. The Kier molecular flexibility index (Phi) is 6.02. The Balaban J connectivity index is 2.05. The van der Waals surface area contributed by atoms with Gasteiger partial charge < -0.3 is 5.11 Å². The van der Waals surface area contributed by atoms with Gasteiger partial charge in [0.2, 0.25) is 0 Å². The van der Waals surface area contributed by atoms with E-state index in [9.17, 15) is 5.11 Å². The highest BCUT2D eigenvalue weighted by Gasteiger charge is 2.15. The van der Waals surface area contributed by atoms with E-state index >= 15 is 0 Å². The van der Waals surface area contributed by atoms with Gasteiger partial charge in [-0.05, 0) is 42.4 Å². The number of aromatic hydroxyl groups is 1. The summed E-state index contributed by atoms with van der Waals surface area (Å²) < 4.78 is 0.921. The van der Waals surface area contributed by atoms with Crippen molar-refractivity contribution < 1.29 is 5.11 Å². The van der Waals surface area contributed by atoms with Crippen LogP contribution in [0.15, 0.2) is 48.5 Å². The van der Waals surface area contributed by atoms with E-state index in [-0.39, 0.29) is 0 Å². The van der Waals surface area contributed by atoms with Crippen molar-refractivity contribution in [2.45, 2.75) is 20.4 Å². The van der Waals surface area contributed by atoms with Crippen LogP contribution in [0.1, 0.15) is 19.4 Å². The summed E-state index contributed by atoms with van der Waals surface area (Å²) in [5, 5.41) is 10.3. The number of hydrogen-bond donors (Lipinski definition) is 1. The molecule has 1 N–H and O–H groups in total. The SMILES string of the molecule is CCN(CC)Cc1cc(-c2ssc(=S)c2-c2ccccc2)ccc1O. The van der Waals surface area contributed by atoms with Crippen molar-refractivity contribution in [3.8, 4) is 27.3 Å². The van der Waals surface area contributed by atoms with Crippen LogP contribution in [0.4, 0.5) is 0 Å². The van der Waals surface area contributed by atoms with Crippen LogP contribution < -0.4 is 0 Å². The summed E-state index contributed by atoms with van der Waals surface area (Å²) in [5.41, 5.74) is 4.36. The molecule has 0 saturated heterocycles. The monoisotopic (exact) mass is 387 g/mol. The largest absolute Gasteiger partial charge is 0.508 e. The lowest BCUT2D eigenvalue weighted by molar-refractivity contribution is 0.291. The highest BCUT2D eigenvalue weighted by molar-refractivity contribution is 7.80. The first kappa shape index (κ1) is 18.3. The van der Waals surface area contributed by atoms with Crippen LogP contribution in [0, 0.1) is 3.82 Å². The molecular formula is C20H21NOS3. The average molecular weight is 388 g/mol. The Morgan fingerprint density at radius 3 is 2.36 bits per heavy atom. The zero-order chi connectivity index (χ0) is 17.8. The number of hydrogen-bond acceptors (Lipinski definition) is 5. The summed E-state index contributed by atoms with van der Waals surface area (Å²) in [6.07, 6.45) is 0. The molecule has 0 aliphatic carbocycles. The van der Waals surface area contributed by atoms with Crippen molar-refractivity contribution in [3.63, 3.8) is 0 Å². The lowest BCUT2D eigenvalue weighted by Crippen LogP contribution is -2.22. The maximum absolute atomic E-state index is 10.3. The van der Waals surface area contributed by atoms with Crippen molar-refractivity contribution in [1.82, 2.24) is 4.90 Å². The molecule has 25 heavy (non-hydrogen) atoms. The predicted octanol–water partition coefficient (Wildman–Crippen LogP) is 6.42. The fraction of sp³-hybridized carbons (Fsp3) is 0.250. The molecule has 130 valence electrons. The van der Waals surface area contributed by atoms with Crippen molar-refractivity contribution in [3.05, 3.63) is 57.9 Å². The molecular weight excluding hydrogens is 366 g/mol. The van der Waals surface area contributed by atoms with Gasteiger partial charge in [0.15, 0.2) is 0 Å². The van der Waals surface area contributed by atoms with Gasteiger partial charge in [0.25, 0.3) is 0 Å². The third-order valence-corrected chi connectivity index (χ3v) is 7.39. The maximum Gasteiger partial charge on any atom is 0.120 e. The van der Waals surface area contributed by atoms with E-state index < -0.39 is 0 Å². The van der Waals surface area contributed by atoms with Gasteiger partial charge in [-0.15, -0.1) is 0 Å². The Bertz CT molecular complexity index is 895. The summed E-state index contributed by atoms with van der Waals surface area (Å²) in [5.74, 6) is 0.357. The van der Waals surface area contributed by atoms with Gasteiger partial charge in [0.1, 0.15) is 9.57 Å². The average Bonchev–Trinajstić information content (AvgIpc) is 3.03. The van der Waals surface area contributed by atoms with E-state index in [1.807, 2.05) is 24.3 Å². The number of phenolic OH excluding ortho intramolecular Hbond substituents is 1. The van der Waals surface area contributed by atoms with E-state index in [1.54, 1.807) is 26.7 Å². The number of nitrogens with zero attached hydrogens (tertiary/aromatic N) is 1. The first-order valence-electron chi connectivity index (χ1n) is 8.37. The second-order valence-corrected chi connectivity index (χ2v) is 8.65. The normalized spacial score (nSPS) is 11.2. The molecule has 0 saturated carbocycles. The molecule has 0 bridgehead atoms. The van der Waals surface area contributed by atoms with Crippen molar-refractivity contribution >= 4 is 32.9 Å². The summed E-state index contributed by atoms with van der Waals surface area (Å²) in [6, 6.07) is 16.2. The molecule has 5 heteroatoms. The van der Waals surface area contributed by atoms with E-state index in [0.29, 0.717) is 5.75 Å². The molecule has 1 heterocycles. The molecule has 0 atom stereocenters. The highest BCUT2D eigenvalue weighted by atomic mass is 32.9. The van der Waals surface area contributed by atoms with Crippen LogP contribution in [0.25, 0.3) is 21.6 Å². The third-order valence-electron chi connectivity index (χ3n) is 4.32. The molecule has 2 nitrogen and oxygen atoms in total. The Morgan fingerprint density at radius 2 is 1.68 bits per heavy atom. The summed E-state index contributed by atoms with van der Waals surface area (Å²) >= 11 is 5.59. The molecule has 0 amide bonds. The fourth-order valence-corrected chi connectivity index (χ4v) is 5.75. The predicted molar refractivity (Wildman–Crippen MR) is 112 cm³/mol. The number of phenols is 1. The Hall–Kier alpha value is -1.53. The summed E-state index contributed by atoms with van der Waals surface area (Å²) in [6.45, 7) is 6.97. The van der Waals surface area contributed by atoms with Crippen LogP contribution in [0.5, 0.6) is 5.75 Å². The smallest absolute Gasteiger partial charge is 0.120 e. The van der Waals surface area contributed by atoms with Crippen LogP contribution in [-0.4, -0.2) is 23.1 Å². The van der Waals surface area contributed by atoms with Crippen LogP contribution in [0.3, 0.4) is 0 Å². The lowest BCUT2D eigenvalue weighted by atomic mass is 10.0. The minimum absolute atomic E-state index is 0.357. The zero-order valence-corrected chi connectivity index (χ0v) is 16.8. The second kappa shape index (κ2) is 8.23. The topological polar surface area (TPSA) is 23.5 Å². The lowest BCUT2D eigenvalue weighted by Gasteiger charge is -2.19. The van der Waals surface area contributed by atoms with Gasteiger partial charge in [-0.25, -0.2) is 0 Å². The molecule has 0 fully saturated rings. The quantitative estimate of drug-likeness (QED) is 0.390. The molecule has 3 aromatic rings. The van der Waals surface area contributed by atoms with E-state index in [0.717, 1.165) is 45.7 Å². The molecule has 0 aliphatic rings. The number of benzene rings is 2. The van der Waals surface area contributed by atoms with Crippen LogP contribution in [-0.2, 0) is 6.54 Å². The molecule has 1 aromatic heterocycles. The van der Waals surface area contributed by atoms with Gasteiger partial charge >= 0.3 is 0 Å². The minimum Gasteiger partial charge on any atom is -0.508 e. The molecule has 3 rings (SSSR count). The highest BCUT2D eigenvalue weighted by Crippen LogP contribution is 2.42. The zero-order valence-electron chi connectivity index (χ0n) is 14.4. The van der Waals surface area contributed by atoms with Crippen molar-refractivity contribution in [2.24, 2.45) is 0 Å². The molecule has 0 unspecified atom stereocenters. The fourth-order valence-electron chi connectivity index (χ4n) is 2.84. The summed E-state index contributed by atoms with van der Waals surface area (Å²) in [4.78, 5) is 3.48. The van der Waals surface area contributed by atoms with E-state index in [4.69, 9.17) is 12.2 Å². The van der Waals surface area contributed by atoms with Gasteiger partial charge in [-0.1, -0.05) is 77.1 Å². The minimum atomic E-state index is 0.357. The maximum atomic E-state index is 10.3. The second-order valence-electron chi connectivity index (χ2n) is 5.83. The van der Waals surface area contributed by atoms with Crippen LogP contribution in [0.2, 0.25) is 0 Å².